The number of carbonyl (C=O) groups excluding carboxylic acids is 1. The average molecular weight is 440 g/mol. The van der Waals surface area contributed by atoms with E-state index in [1.165, 1.54) is 21.3 Å². The molecule has 1 saturated heterocycles. The van der Waals surface area contributed by atoms with E-state index in [4.69, 9.17) is 14.2 Å². The Bertz CT molecular complexity index is 973. The molecule has 7 nitrogen and oxygen atoms in total. The van der Waals surface area contributed by atoms with Crippen LogP contribution in [0.15, 0.2) is 23.6 Å². The quantitative estimate of drug-likeness (QED) is 0.660. The Labute approximate surface area is 175 Å². The fourth-order valence-corrected chi connectivity index (χ4v) is 6.11. The Morgan fingerprint density at radius 2 is 1.83 bits per heavy atom. The van der Waals surface area contributed by atoms with Crippen molar-refractivity contribution in [1.82, 2.24) is 4.90 Å². The first kappa shape index (κ1) is 21.4. The van der Waals surface area contributed by atoms with Gasteiger partial charge in [-0.3, -0.25) is 4.79 Å². The maximum atomic E-state index is 13.5. The summed E-state index contributed by atoms with van der Waals surface area (Å²) in [5, 5.41) is 1.97. The lowest BCUT2D eigenvalue weighted by Gasteiger charge is -2.29. The summed E-state index contributed by atoms with van der Waals surface area (Å²) in [4.78, 5) is 16.2. The van der Waals surface area contributed by atoms with Gasteiger partial charge in [-0.25, -0.2) is 8.42 Å². The van der Waals surface area contributed by atoms with Crippen molar-refractivity contribution in [2.75, 3.05) is 32.8 Å². The summed E-state index contributed by atoms with van der Waals surface area (Å²) in [5.41, 5.74) is 1.44. The summed E-state index contributed by atoms with van der Waals surface area (Å²) in [6.45, 7) is 2.35. The van der Waals surface area contributed by atoms with Crippen LogP contribution in [0.5, 0.6) is 17.2 Å². The van der Waals surface area contributed by atoms with Gasteiger partial charge in [0.2, 0.25) is 5.75 Å². The number of methoxy groups -OCH3 is 3. The molecule has 29 heavy (non-hydrogen) atoms. The number of rotatable bonds is 7. The molecule has 0 spiro atoms. The molecular formula is C20H25NO6S2. The lowest BCUT2D eigenvalue weighted by molar-refractivity contribution is 0.0682. The number of hydrogen-bond donors (Lipinski definition) is 0. The van der Waals surface area contributed by atoms with Gasteiger partial charge in [-0.2, -0.15) is 0 Å². The van der Waals surface area contributed by atoms with E-state index in [1.54, 1.807) is 28.4 Å². The molecule has 1 aliphatic rings. The number of hydrogen-bond acceptors (Lipinski definition) is 7. The van der Waals surface area contributed by atoms with Crippen LogP contribution in [-0.2, 0) is 16.4 Å². The molecule has 1 unspecified atom stereocenters. The highest BCUT2D eigenvalue weighted by Crippen LogP contribution is 2.39. The van der Waals surface area contributed by atoms with Gasteiger partial charge in [-0.15, -0.1) is 11.3 Å². The summed E-state index contributed by atoms with van der Waals surface area (Å²) >= 11 is 1.56. The lowest BCUT2D eigenvalue weighted by Crippen LogP contribution is -2.40. The topological polar surface area (TPSA) is 82.1 Å². The van der Waals surface area contributed by atoms with E-state index >= 15 is 0 Å². The minimum Gasteiger partial charge on any atom is -0.493 e. The van der Waals surface area contributed by atoms with E-state index < -0.39 is 9.84 Å². The molecule has 1 aromatic heterocycles. The summed E-state index contributed by atoms with van der Waals surface area (Å²) < 4.78 is 40.2. The number of thiophene rings is 1. The van der Waals surface area contributed by atoms with Crippen molar-refractivity contribution in [3.63, 3.8) is 0 Å². The van der Waals surface area contributed by atoms with Gasteiger partial charge in [0, 0.05) is 16.5 Å². The summed E-state index contributed by atoms with van der Waals surface area (Å²) in [5.74, 6) is 0.964. The SMILES string of the molecule is COc1cc(C(=O)N(Cc2sccc2C)C2CCS(=O)(=O)C2)cc(OC)c1OC. The van der Waals surface area contributed by atoms with Crippen LogP contribution in [0, 0.1) is 6.92 Å². The predicted octanol–water partition coefficient (Wildman–Crippen LogP) is 2.91. The molecule has 0 aliphatic carbocycles. The summed E-state index contributed by atoms with van der Waals surface area (Å²) in [7, 11) is 1.33. The molecular weight excluding hydrogens is 414 g/mol. The fraction of sp³-hybridized carbons (Fsp3) is 0.450. The molecule has 1 amide bonds. The molecule has 3 rings (SSSR count). The van der Waals surface area contributed by atoms with Crippen LogP contribution >= 0.6 is 11.3 Å². The third kappa shape index (κ3) is 4.51. The molecule has 2 aromatic rings. The first-order chi connectivity index (χ1) is 13.8. The van der Waals surface area contributed by atoms with Crippen LogP contribution in [0.4, 0.5) is 0 Å². The zero-order valence-electron chi connectivity index (χ0n) is 16.9. The van der Waals surface area contributed by atoms with Crippen LogP contribution in [0.2, 0.25) is 0 Å². The molecule has 1 aromatic carbocycles. The van der Waals surface area contributed by atoms with Crippen LogP contribution in [0.25, 0.3) is 0 Å². The third-order valence-corrected chi connectivity index (χ3v) is 7.86. The van der Waals surface area contributed by atoms with Crippen molar-refractivity contribution in [2.24, 2.45) is 0 Å². The second-order valence-electron chi connectivity index (χ2n) is 6.93. The van der Waals surface area contributed by atoms with Gasteiger partial charge >= 0.3 is 0 Å². The molecule has 0 bridgehead atoms. The smallest absolute Gasteiger partial charge is 0.254 e. The molecule has 1 aliphatic heterocycles. The van der Waals surface area contributed by atoms with Gasteiger partial charge in [0.25, 0.3) is 5.91 Å². The Hall–Kier alpha value is -2.26. The van der Waals surface area contributed by atoms with Crippen LogP contribution < -0.4 is 14.2 Å². The molecule has 1 fully saturated rings. The maximum absolute atomic E-state index is 13.5. The highest BCUT2D eigenvalue weighted by atomic mass is 32.2. The number of ether oxygens (including phenoxy) is 3. The van der Waals surface area contributed by atoms with E-state index in [9.17, 15) is 13.2 Å². The van der Waals surface area contributed by atoms with Gasteiger partial charge in [0.15, 0.2) is 21.3 Å². The van der Waals surface area contributed by atoms with Crippen LogP contribution in [0.3, 0.4) is 0 Å². The maximum Gasteiger partial charge on any atom is 0.254 e. The van der Waals surface area contributed by atoms with E-state index in [0.29, 0.717) is 35.8 Å². The van der Waals surface area contributed by atoms with Crippen molar-refractivity contribution in [3.05, 3.63) is 39.6 Å². The molecule has 0 N–H and O–H groups in total. The van der Waals surface area contributed by atoms with Gasteiger partial charge in [0.05, 0.1) is 39.4 Å². The predicted molar refractivity (Wildman–Crippen MR) is 112 cm³/mol. The first-order valence-electron chi connectivity index (χ1n) is 9.14. The monoisotopic (exact) mass is 439 g/mol. The highest BCUT2D eigenvalue weighted by Gasteiger charge is 2.36. The molecule has 9 heteroatoms. The second-order valence-corrected chi connectivity index (χ2v) is 10.2. The Morgan fingerprint density at radius 1 is 1.17 bits per heavy atom. The largest absolute Gasteiger partial charge is 0.493 e. The van der Waals surface area contributed by atoms with Crippen molar-refractivity contribution >= 4 is 27.1 Å². The average Bonchev–Trinajstić information content (AvgIpc) is 3.28. The third-order valence-electron chi connectivity index (χ3n) is 5.10. The number of amides is 1. The van der Waals surface area contributed by atoms with Crippen molar-refractivity contribution in [1.29, 1.82) is 0 Å². The van der Waals surface area contributed by atoms with Gasteiger partial charge in [-0.05, 0) is 42.5 Å². The number of carbonyl (C=O) groups is 1. The first-order valence-corrected chi connectivity index (χ1v) is 11.8. The summed E-state index contributed by atoms with van der Waals surface area (Å²) in [6.07, 6.45) is 0.433. The van der Waals surface area contributed by atoms with Gasteiger partial charge < -0.3 is 19.1 Å². The number of aryl methyl sites for hydroxylation is 1. The van der Waals surface area contributed by atoms with E-state index in [-0.39, 0.29) is 23.5 Å². The summed E-state index contributed by atoms with van der Waals surface area (Å²) in [6, 6.07) is 4.82. The van der Waals surface area contributed by atoms with Crippen LogP contribution in [0.1, 0.15) is 27.2 Å². The fourth-order valence-electron chi connectivity index (χ4n) is 3.48. The zero-order valence-corrected chi connectivity index (χ0v) is 18.6. The molecule has 158 valence electrons. The number of benzene rings is 1. The van der Waals surface area contributed by atoms with E-state index in [1.807, 2.05) is 18.4 Å². The zero-order chi connectivity index (χ0) is 21.2. The second kappa shape index (κ2) is 8.62. The Morgan fingerprint density at radius 3 is 2.28 bits per heavy atom. The molecule has 0 saturated carbocycles. The molecule has 1 atom stereocenters. The normalized spacial score (nSPS) is 17.7. The minimum absolute atomic E-state index is 0.0203. The van der Waals surface area contributed by atoms with Crippen molar-refractivity contribution < 1.29 is 27.4 Å². The number of nitrogens with zero attached hydrogens (tertiary/aromatic N) is 1. The molecule has 0 radical (unpaired) electrons. The number of sulfone groups is 1. The van der Waals surface area contributed by atoms with Gasteiger partial charge in [-0.1, -0.05) is 0 Å². The van der Waals surface area contributed by atoms with Crippen molar-refractivity contribution in [2.45, 2.75) is 25.9 Å². The lowest BCUT2D eigenvalue weighted by atomic mass is 10.1. The Kier molecular flexibility index (Phi) is 6.38. The van der Waals surface area contributed by atoms with Crippen LogP contribution in [-0.4, -0.2) is 58.1 Å². The Balaban J connectivity index is 2.01. The minimum atomic E-state index is -3.14. The van der Waals surface area contributed by atoms with E-state index in [2.05, 4.69) is 0 Å². The van der Waals surface area contributed by atoms with E-state index in [0.717, 1.165) is 10.4 Å². The van der Waals surface area contributed by atoms with Crippen molar-refractivity contribution in [3.8, 4) is 17.2 Å². The van der Waals surface area contributed by atoms with Gasteiger partial charge in [0.1, 0.15) is 0 Å². The highest BCUT2D eigenvalue weighted by molar-refractivity contribution is 7.91. The standard InChI is InChI=1S/C20H25NO6S2/c1-13-5-7-28-18(13)11-21(15-6-8-29(23,24)12-15)20(22)14-9-16(25-2)19(27-4)17(10-14)26-3/h5,7,9-10,15H,6,8,11-12H2,1-4H3. The molecule has 2 heterocycles.